The summed E-state index contributed by atoms with van der Waals surface area (Å²) in [6, 6.07) is 13.9. The predicted octanol–water partition coefficient (Wildman–Crippen LogP) is 4.77. The van der Waals surface area contributed by atoms with Crippen molar-refractivity contribution >= 4 is 23.2 Å². The fourth-order valence-corrected chi connectivity index (χ4v) is 4.73. The molecular formula is C27H38ClN3O3. The second-order valence-electron chi connectivity index (χ2n) is 9.01. The Hall–Kier alpha value is -2.44. The number of aryl methyl sites for hydroxylation is 1. The number of carbonyl (C=O) groups excluding carboxylic acids is 1. The molecule has 34 heavy (non-hydrogen) atoms. The Kier molecular flexibility index (Phi) is 10.4. The van der Waals surface area contributed by atoms with Crippen molar-refractivity contribution in [2.75, 3.05) is 51.8 Å². The maximum Gasteiger partial charge on any atom is 0.222 e. The molecule has 4 rings (SSSR count). The lowest BCUT2D eigenvalue weighted by Gasteiger charge is -2.26. The molecule has 6 nitrogen and oxygen atoms in total. The number of methoxy groups -OCH3 is 2. The average molecular weight is 488 g/mol. The maximum absolute atomic E-state index is 11.0. The Morgan fingerprint density at radius 3 is 2.32 bits per heavy atom. The number of likely N-dealkylation sites (tertiary alicyclic amines) is 1. The van der Waals surface area contributed by atoms with Crippen LogP contribution in [0.25, 0.3) is 0 Å². The van der Waals surface area contributed by atoms with E-state index in [0.717, 1.165) is 48.1 Å². The normalized spacial score (nSPS) is 18.2. The van der Waals surface area contributed by atoms with Crippen LogP contribution in [0.15, 0.2) is 42.5 Å². The van der Waals surface area contributed by atoms with Crippen LogP contribution in [0.3, 0.4) is 0 Å². The van der Waals surface area contributed by atoms with E-state index in [1.165, 1.54) is 50.9 Å². The summed E-state index contributed by atoms with van der Waals surface area (Å²) in [7, 11) is 3.36. The molecule has 0 aliphatic carbocycles. The number of anilines is 1. The zero-order chi connectivity index (χ0) is 24.3. The van der Waals surface area contributed by atoms with Gasteiger partial charge in [-0.3, -0.25) is 4.79 Å². The minimum absolute atomic E-state index is 0.0133. The van der Waals surface area contributed by atoms with Crippen LogP contribution in [0.1, 0.15) is 37.7 Å². The number of hydrogen-bond donors (Lipinski definition) is 1. The van der Waals surface area contributed by atoms with Gasteiger partial charge in [-0.15, -0.1) is 0 Å². The molecule has 1 unspecified atom stereocenters. The molecule has 7 heteroatoms. The lowest BCUT2D eigenvalue weighted by atomic mass is 10.1. The Labute approximate surface area is 209 Å². The second kappa shape index (κ2) is 13.4. The van der Waals surface area contributed by atoms with Crippen molar-refractivity contribution in [1.29, 1.82) is 0 Å². The van der Waals surface area contributed by atoms with Crippen molar-refractivity contribution in [3.8, 4) is 11.5 Å². The standard InChI is InChI=1S/C16H25NO2.C11H13ClN2O/c1-18-15-9-8-14(13-16(15)19-2)7-6-12-17-10-4-3-5-11-17;12-9-1-3-10(4-2-9)14-6-5-8(7-14)11(13)15/h8-9,13H,3-7,10-12H2,1-2H3;1-4,8H,5-7H2,(H2,13,15). The summed E-state index contributed by atoms with van der Waals surface area (Å²) in [6.45, 7) is 5.39. The van der Waals surface area contributed by atoms with Crippen molar-refractivity contribution in [3.63, 3.8) is 0 Å². The predicted molar refractivity (Wildman–Crippen MR) is 139 cm³/mol. The van der Waals surface area contributed by atoms with Crippen molar-refractivity contribution in [2.24, 2.45) is 11.7 Å². The molecule has 2 saturated heterocycles. The topological polar surface area (TPSA) is 68.0 Å². The first kappa shape index (κ1) is 26.2. The molecule has 2 heterocycles. The van der Waals surface area contributed by atoms with Crippen LogP contribution in [0.5, 0.6) is 11.5 Å². The molecule has 2 aliphatic rings. The van der Waals surface area contributed by atoms with Gasteiger partial charge in [0, 0.05) is 23.8 Å². The fraction of sp³-hybridized carbons (Fsp3) is 0.519. The molecular weight excluding hydrogens is 450 g/mol. The maximum atomic E-state index is 11.0. The molecule has 2 aliphatic heterocycles. The van der Waals surface area contributed by atoms with Gasteiger partial charge in [-0.1, -0.05) is 24.1 Å². The molecule has 2 aromatic carbocycles. The number of nitrogens with two attached hydrogens (primary N) is 1. The summed E-state index contributed by atoms with van der Waals surface area (Å²) in [5.74, 6) is 1.42. The van der Waals surface area contributed by atoms with Gasteiger partial charge in [0.25, 0.3) is 0 Å². The molecule has 0 aromatic heterocycles. The zero-order valence-corrected chi connectivity index (χ0v) is 21.2. The highest BCUT2D eigenvalue weighted by atomic mass is 35.5. The average Bonchev–Trinajstić information content (AvgIpc) is 3.36. The van der Waals surface area contributed by atoms with E-state index in [1.54, 1.807) is 14.2 Å². The van der Waals surface area contributed by atoms with E-state index in [2.05, 4.69) is 21.9 Å². The summed E-state index contributed by atoms with van der Waals surface area (Å²) in [5, 5.41) is 0.726. The Morgan fingerprint density at radius 2 is 1.71 bits per heavy atom. The number of amides is 1. The third-order valence-electron chi connectivity index (χ3n) is 6.62. The summed E-state index contributed by atoms with van der Waals surface area (Å²) < 4.78 is 10.6. The van der Waals surface area contributed by atoms with E-state index in [9.17, 15) is 4.79 Å². The van der Waals surface area contributed by atoms with Gasteiger partial charge in [-0.25, -0.2) is 0 Å². The third kappa shape index (κ3) is 7.81. The molecule has 0 spiro atoms. The van der Waals surface area contributed by atoms with Crippen LogP contribution < -0.4 is 20.1 Å². The fourth-order valence-electron chi connectivity index (χ4n) is 4.60. The van der Waals surface area contributed by atoms with Crippen LogP contribution in [-0.2, 0) is 11.2 Å². The van der Waals surface area contributed by atoms with Crippen LogP contribution in [-0.4, -0.2) is 57.8 Å². The van der Waals surface area contributed by atoms with Gasteiger partial charge in [0.15, 0.2) is 11.5 Å². The minimum Gasteiger partial charge on any atom is -0.493 e. The molecule has 1 amide bonds. The number of benzene rings is 2. The molecule has 2 fully saturated rings. The van der Waals surface area contributed by atoms with E-state index in [1.807, 2.05) is 30.3 Å². The quantitative estimate of drug-likeness (QED) is 0.580. The second-order valence-corrected chi connectivity index (χ2v) is 9.44. The first-order chi connectivity index (χ1) is 16.5. The number of primary amides is 1. The number of rotatable bonds is 8. The lowest BCUT2D eigenvalue weighted by Crippen LogP contribution is -2.30. The van der Waals surface area contributed by atoms with Crippen molar-refractivity contribution < 1.29 is 14.3 Å². The summed E-state index contributed by atoms with van der Waals surface area (Å²) >= 11 is 5.80. The molecule has 2 aromatic rings. The summed E-state index contributed by atoms with van der Waals surface area (Å²) in [6.07, 6.45) is 7.32. The smallest absolute Gasteiger partial charge is 0.222 e. The largest absolute Gasteiger partial charge is 0.493 e. The molecule has 0 radical (unpaired) electrons. The van der Waals surface area contributed by atoms with Gasteiger partial charge in [0.1, 0.15) is 0 Å². The van der Waals surface area contributed by atoms with Gasteiger partial charge in [-0.05, 0) is 93.7 Å². The third-order valence-corrected chi connectivity index (χ3v) is 6.87. The van der Waals surface area contributed by atoms with Gasteiger partial charge in [-0.2, -0.15) is 0 Å². The van der Waals surface area contributed by atoms with E-state index < -0.39 is 0 Å². The number of halogens is 1. The summed E-state index contributed by atoms with van der Waals surface area (Å²) in [4.78, 5) is 15.8. The summed E-state index contributed by atoms with van der Waals surface area (Å²) in [5.41, 5.74) is 7.70. The van der Waals surface area contributed by atoms with E-state index in [4.69, 9.17) is 26.8 Å². The molecule has 0 bridgehead atoms. The van der Waals surface area contributed by atoms with Crippen molar-refractivity contribution in [2.45, 2.75) is 38.5 Å². The van der Waals surface area contributed by atoms with Crippen LogP contribution in [0, 0.1) is 5.92 Å². The first-order valence-corrected chi connectivity index (χ1v) is 12.6. The van der Waals surface area contributed by atoms with Crippen LogP contribution in [0.2, 0.25) is 5.02 Å². The highest BCUT2D eigenvalue weighted by molar-refractivity contribution is 6.30. The zero-order valence-electron chi connectivity index (χ0n) is 20.5. The molecule has 0 saturated carbocycles. The van der Waals surface area contributed by atoms with Crippen molar-refractivity contribution in [3.05, 3.63) is 53.1 Å². The van der Waals surface area contributed by atoms with E-state index in [-0.39, 0.29) is 11.8 Å². The Morgan fingerprint density at radius 1 is 1.00 bits per heavy atom. The monoisotopic (exact) mass is 487 g/mol. The highest BCUT2D eigenvalue weighted by Crippen LogP contribution is 2.28. The number of ether oxygens (including phenoxy) is 2. The molecule has 186 valence electrons. The van der Waals surface area contributed by atoms with Gasteiger partial charge >= 0.3 is 0 Å². The lowest BCUT2D eigenvalue weighted by molar-refractivity contribution is -0.121. The van der Waals surface area contributed by atoms with Gasteiger partial charge in [0.05, 0.1) is 20.1 Å². The van der Waals surface area contributed by atoms with E-state index >= 15 is 0 Å². The van der Waals surface area contributed by atoms with Gasteiger partial charge < -0.3 is 25.0 Å². The number of nitrogens with zero attached hydrogens (tertiary/aromatic N) is 2. The highest BCUT2D eigenvalue weighted by Gasteiger charge is 2.26. The van der Waals surface area contributed by atoms with Crippen LogP contribution in [0.4, 0.5) is 5.69 Å². The number of carbonyl (C=O) groups is 1. The van der Waals surface area contributed by atoms with Crippen LogP contribution >= 0.6 is 11.6 Å². The number of piperidine rings is 1. The van der Waals surface area contributed by atoms with Gasteiger partial charge in [0.2, 0.25) is 5.91 Å². The Bertz CT molecular complexity index is 900. The Balaban J connectivity index is 0.000000196. The van der Waals surface area contributed by atoms with Crippen molar-refractivity contribution in [1.82, 2.24) is 4.90 Å². The SMILES string of the molecule is COc1ccc(CCCN2CCCCC2)cc1OC.NC(=O)C1CCN(c2ccc(Cl)cc2)C1. The van der Waals surface area contributed by atoms with E-state index in [0.29, 0.717) is 0 Å². The molecule has 2 N–H and O–H groups in total. The number of hydrogen-bond acceptors (Lipinski definition) is 5. The minimum atomic E-state index is -0.202. The molecule has 1 atom stereocenters. The first-order valence-electron chi connectivity index (χ1n) is 12.2.